The molecule has 1 aliphatic rings. The minimum Gasteiger partial charge on any atom is -0.343 e. The van der Waals surface area contributed by atoms with E-state index in [4.69, 9.17) is 0 Å². The third kappa shape index (κ3) is 5.62. The second-order valence-electron chi connectivity index (χ2n) is 7.08. The van der Waals surface area contributed by atoms with E-state index >= 15 is 0 Å². The summed E-state index contributed by atoms with van der Waals surface area (Å²) in [5.41, 5.74) is 2.30. The molecule has 2 aromatic carbocycles. The lowest BCUT2D eigenvalue weighted by Gasteiger charge is -2.15. The van der Waals surface area contributed by atoms with Crippen molar-refractivity contribution in [1.29, 1.82) is 0 Å². The standard InChI is InChI=1S/C22H24F2N2O2/c23-19-10-5-17(15-20(19)24)6-11-21(27)25-18-8-3-16(4-9-18)7-12-22(28)26-13-1-2-14-26/h3-5,8-10,15H,1-2,6-7,11-14H2,(H,25,27). The molecule has 1 N–H and O–H groups in total. The quantitative estimate of drug-likeness (QED) is 0.779. The smallest absolute Gasteiger partial charge is 0.224 e. The molecule has 0 unspecified atom stereocenters. The van der Waals surface area contributed by atoms with Gasteiger partial charge in [-0.2, -0.15) is 0 Å². The van der Waals surface area contributed by atoms with Crippen molar-refractivity contribution >= 4 is 17.5 Å². The zero-order chi connectivity index (χ0) is 19.9. The summed E-state index contributed by atoms with van der Waals surface area (Å²) in [4.78, 5) is 26.1. The fourth-order valence-electron chi connectivity index (χ4n) is 3.31. The first-order chi connectivity index (χ1) is 13.5. The van der Waals surface area contributed by atoms with Gasteiger partial charge in [-0.1, -0.05) is 18.2 Å². The molecular weight excluding hydrogens is 362 g/mol. The normalized spacial score (nSPS) is 13.6. The molecule has 1 fully saturated rings. The van der Waals surface area contributed by atoms with Crippen molar-refractivity contribution in [2.75, 3.05) is 18.4 Å². The van der Waals surface area contributed by atoms with Crippen molar-refractivity contribution in [2.45, 2.75) is 38.5 Å². The van der Waals surface area contributed by atoms with Crippen LogP contribution in [0.2, 0.25) is 0 Å². The summed E-state index contributed by atoms with van der Waals surface area (Å²) < 4.78 is 26.1. The first-order valence-electron chi connectivity index (χ1n) is 9.62. The molecule has 0 aromatic heterocycles. The summed E-state index contributed by atoms with van der Waals surface area (Å²) in [6.07, 6.45) is 3.88. The Hall–Kier alpha value is -2.76. The summed E-state index contributed by atoms with van der Waals surface area (Å²) in [6.45, 7) is 1.74. The van der Waals surface area contributed by atoms with E-state index in [1.54, 1.807) is 0 Å². The number of benzene rings is 2. The molecule has 0 aliphatic carbocycles. The molecule has 2 aromatic rings. The van der Waals surface area contributed by atoms with Crippen LogP contribution in [0.3, 0.4) is 0 Å². The first kappa shape index (κ1) is 20.0. The third-order valence-electron chi connectivity index (χ3n) is 4.95. The van der Waals surface area contributed by atoms with Gasteiger partial charge in [0.1, 0.15) is 0 Å². The predicted octanol–water partition coefficient (Wildman–Crippen LogP) is 4.09. The van der Waals surface area contributed by atoms with Gasteiger partial charge in [0.25, 0.3) is 0 Å². The fourth-order valence-corrected chi connectivity index (χ4v) is 3.31. The van der Waals surface area contributed by atoms with E-state index in [0.29, 0.717) is 30.5 Å². The van der Waals surface area contributed by atoms with E-state index in [9.17, 15) is 18.4 Å². The maximum Gasteiger partial charge on any atom is 0.224 e. The Labute approximate surface area is 163 Å². The summed E-state index contributed by atoms with van der Waals surface area (Å²) >= 11 is 0. The van der Waals surface area contributed by atoms with Crippen molar-refractivity contribution in [1.82, 2.24) is 4.90 Å². The van der Waals surface area contributed by atoms with E-state index in [-0.39, 0.29) is 18.2 Å². The molecule has 4 nitrogen and oxygen atoms in total. The lowest BCUT2D eigenvalue weighted by atomic mass is 10.1. The Morgan fingerprint density at radius 1 is 0.857 bits per heavy atom. The van der Waals surface area contributed by atoms with Gasteiger partial charge in [0.05, 0.1) is 0 Å². The maximum atomic E-state index is 13.2. The lowest BCUT2D eigenvalue weighted by molar-refractivity contribution is -0.130. The van der Waals surface area contributed by atoms with E-state index in [1.807, 2.05) is 29.2 Å². The fraction of sp³-hybridized carbons (Fsp3) is 0.364. The van der Waals surface area contributed by atoms with Gasteiger partial charge in [-0.15, -0.1) is 0 Å². The van der Waals surface area contributed by atoms with Gasteiger partial charge in [0.2, 0.25) is 11.8 Å². The highest BCUT2D eigenvalue weighted by Gasteiger charge is 2.17. The number of carbonyl (C=O) groups is 2. The average Bonchev–Trinajstić information content (AvgIpc) is 3.23. The summed E-state index contributed by atoms with van der Waals surface area (Å²) in [6, 6.07) is 11.1. The predicted molar refractivity (Wildman–Crippen MR) is 104 cm³/mol. The Balaban J connectivity index is 1.43. The Kier molecular flexibility index (Phi) is 6.74. The molecule has 0 bridgehead atoms. The van der Waals surface area contributed by atoms with Crippen molar-refractivity contribution in [3.63, 3.8) is 0 Å². The van der Waals surface area contributed by atoms with Crippen LogP contribution in [0.5, 0.6) is 0 Å². The zero-order valence-corrected chi connectivity index (χ0v) is 15.7. The number of rotatable bonds is 7. The van der Waals surface area contributed by atoms with E-state index in [2.05, 4.69) is 5.32 Å². The maximum absolute atomic E-state index is 13.2. The molecule has 0 atom stereocenters. The molecule has 1 heterocycles. The minimum atomic E-state index is -0.906. The molecular formula is C22H24F2N2O2. The largest absolute Gasteiger partial charge is 0.343 e. The van der Waals surface area contributed by atoms with Crippen LogP contribution in [0, 0.1) is 11.6 Å². The van der Waals surface area contributed by atoms with Gasteiger partial charge in [-0.3, -0.25) is 9.59 Å². The van der Waals surface area contributed by atoms with Gasteiger partial charge in [-0.25, -0.2) is 8.78 Å². The lowest BCUT2D eigenvalue weighted by Crippen LogP contribution is -2.27. The second-order valence-corrected chi connectivity index (χ2v) is 7.08. The van der Waals surface area contributed by atoms with Crippen molar-refractivity contribution in [3.8, 4) is 0 Å². The molecule has 28 heavy (non-hydrogen) atoms. The number of anilines is 1. The number of nitrogens with one attached hydrogen (secondary N) is 1. The number of carbonyl (C=O) groups excluding carboxylic acids is 2. The number of nitrogens with zero attached hydrogens (tertiary/aromatic N) is 1. The summed E-state index contributed by atoms with van der Waals surface area (Å²) in [5, 5.41) is 2.79. The number of hydrogen-bond acceptors (Lipinski definition) is 2. The Morgan fingerprint density at radius 2 is 1.50 bits per heavy atom. The van der Waals surface area contributed by atoms with E-state index in [1.165, 1.54) is 6.07 Å². The monoisotopic (exact) mass is 386 g/mol. The minimum absolute atomic E-state index is 0.178. The van der Waals surface area contributed by atoms with Crippen LogP contribution in [0.4, 0.5) is 14.5 Å². The van der Waals surface area contributed by atoms with Crippen LogP contribution in [0.25, 0.3) is 0 Å². The van der Waals surface area contributed by atoms with Gasteiger partial charge in [0.15, 0.2) is 11.6 Å². The topological polar surface area (TPSA) is 49.4 Å². The van der Waals surface area contributed by atoms with Gasteiger partial charge >= 0.3 is 0 Å². The van der Waals surface area contributed by atoms with Crippen molar-refractivity contribution in [2.24, 2.45) is 0 Å². The molecule has 6 heteroatoms. The summed E-state index contributed by atoms with van der Waals surface area (Å²) in [7, 11) is 0. The number of amides is 2. The van der Waals surface area contributed by atoms with Crippen LogP contribution in [-0.4, -0.2) is 29.8 Å². The van der Waals surface area contributed by atoms with Crippen molar-refractivity contribution < 1.29 is 18.4 Å². The zero-order valence-electron chi connectivity index (χ0n) is 15.7. The average molecular weight is 386 g/mol. The van der Waals surface area contributed by atoms with Gasteiger partial charge < -0.3 is 10.2 Å². The van der Waals surface area contributed by atoms with Gasteiger partial charge in [0, 0.05) is 31.6 Å². The molecule has 2 amide bonds. The van der Waals surface area contributed by atoms with Crippen LogP contribution in [0.1, 0.15) is 36.8 Å². The highest BCUT2D eigenvalue weighted by atomic mass is 19.2. The second kappa shape index (κ2) is 9.44. The molecule has 3 rings (SSSR count). The van der Waals surface area contributed by atoms with Crippen LogP contribution in [0.15, 0.2) is 42.5 Å². The van der Waals surface area contributed by atoms with E-state index < -0.39 is 11.6 Å². The Morgan fingerprint density at radius 3 is 2.18 bits per heavy atom. The Bertz CT molecular complexity index is 831. The van der Waals surface area contributed by atoms with Crippen molar-refractivity contribution in [3.05, 3.63) is 65.2 Å². The number of halogens is 2. The SMILES string of the molecule is O=C(CCc1ccc(F)c(F)c1)Nc1ccc(CCC(=O)N2CCCC2)cc1. The number of likely N-dealkylation sites (tertiary alicyclic amines) is 1. The van der Waals surface area contributed by atoms with Gasteiger partial charge in [-0.05, 0) is 61.1 Å². The third-order valence-corrected chi connectivity index (χ3v) is 4.95. The number of hydrogen-bond donors (Lipinski definition) is 1. The van der Waals surface area contributed by atoms with E-state index in [0.717, 1.165) is 43.6 Å². The summed E-state index contributed by atoms with van der Waals surface area (Å²) in [5.74, 6) is -1.79. The molecule has 0 saturated carbocycles. The first-order valence-corrected chi connectivity index (χ1v) is 9.62. The van der Waals surface area contributed by atoms with Crippen LogP contribution >= 0.6 is 0 Å². The molecule has 0 spiro atoms. The molecule has 1 saturated heterocycles. The molecule has 148 valence electrons. The van der Waals surface area contributed by atoms with Crippen LogP contribution in [-0.2, 0) is 22.4 Å². The molecule has 0 radical (unpaired) electrons. The number of aryl methyl sites for hydroxylation is 2. The highest BCUT2D eigenvalue weighted by Crippen LogP contribution is 2.15. The van der Waals surface area contributed by atoms with Crippen LogP contribution < -0.4 is 5.32 Å². The highest BCUT2D eigenvalue weighted by molar-refractivity contribution is 5.90. The molecule has 1 aliphatic heterocycles.